The predicted molar refractivity (Wildman–Crippen MR) is 117 cm³/mol. The molecule has 2 fully saturated rings. The molecule has 0 N–H and O–H groups in total. The van der Waals surface area contributed by atoms with Gasteiger partial charge in [-0.25, -0.2) is 10.0 Å². The summed E-state index contributed by atoms with van der Waals surface area (Å²) >= 11 is 6.78. The number of hydrogen-bond acceptors (Lipinski definition) is 7. The van der Waals surface area contributed by atoms with Crippen LogP contribution in [0.15, 0.2) is 58.0 Å². The number of thioether (sulfide) groups is 1. The van der Waals surface area contributed by atoms with Gasteiger partial charge in [-0.15, -0.1) is 0 Å². The molecule has 1 aromatic heterocycles. The number of ether oxygens (including phenoxy) is 1. The van der Waals surface area contributed by atoms with Crippen molar-refractivity contribution in [2.24, 2.45) is 0 Å². The van der Waals surface area contributed by atoms with Crippen molar-refractivity contribution in [1.29, 1.82) is 0 Å². The highest BCUT2D eigenvalue weighted by Gasteiger charge is 2.36. The van der Waals surface area contributed by atoms with Crippen molar-refractivity contribution in [2.45, 2.75) is 0 Å². The summed E-state index contributed by atoms with van der Waals surface area (Å²) in [5, 5.41) is 8.62. The number of rotatable bonds is 3. The summed E-state index contributed by atoms with van der Waals surface area (Å²) in [6, 6.07) is 15.7. The van der Waals surface area contributed by atoms with Crippen LogP contribution in [-0.2, 0) is 9.53 Å². The molecule has 5 rings (SSSR count). The molecule has 0 bridgehead atoms. The van der Waals surface area contributed by atoms with Crippen molar-refractivity contribution in [3.05, 3.63) is 59.0 Å². The third-order valence-electron chi connectivity index (χ3n) is 4.88. The van der Waals surface area contributed by atoms with Crippen LogP contribution in [0.2, 0.25) is 0 Å². The highest BCUT2D eigenvalue weighted by molar-refractivity contribution is 8.26. The Morgan fingerprint density at radius 1 is 1.10 bits per heavy atom. The number of fused-ring (bicyclic) bond motifs is 1. The van der Waals surface area contributed by atoms with E-state index in [-0.39, 0.29) is 5.91 Å². The van der Waals surface area contributed by atoms with Crippen molar-refractivity contribution in [3.63, 3.8) is 0 Å². The van der Waals surface area contributed by atoms with Crippen molar-refractivity contribution in [2.75, 3.05) is 26.3 Å². The van der Waals surface area contributed by atoms with Gasteiger partial charge < -0.3 is 9.26 Å². The smallest absolute Gasteiger partial charge is 0.280 e. The molecule has 3 aromatic rings. The molecule has 1 amide bonds. The standard InChI is InChI=1S/C21H17N3O3S2/c25-20-18(29-21(28)24(20)23-8-10-26-11-9-23)13-14-6-7-17-16(12-14)19(27-22-17)15-4-2-1-3-5-15/h1-7,12-13H,8-11H2/b18-13-. The molecule has 0 aliphatic carbocycles. The van der Waals surface area contributed by atoms with E-state index >= 15 is 0 Å². The van der Waals surface area contributed by atoms with E-state index in [2.05, 4.69) is 5.16 Å². The van der Waals surface area contributed by atoms with Gasteiger partial charge >= 0.3 is 0 Å². The Morgan fingerprint density at radius 2 is 1.90 bits per heavy atom. The summed E-state index contributed by atoms with van der Waals surface area (Å²) in [6.45, 7) is 2.52. The van der Waals surface area contributed by atoms with E-state index in [1.54, 1.807) is 5.01 Å². The maximum atomic E-state index is 13.0. The maximum absolute atomic E-state index is 13.0. The molecule has 3 heterocycles. The summed E-state index contributed by atoms with van der Waals surface area (Å²) in [4.78, 5) is 13.6. The number of carbonyl (C=O) groups excluding carboxylic acids is 1. The number of benzene rings is 2. The Kier molecular flexibility index (Phi) is 4.92. The average Bonchev–Trinajstić information content (AvgIpc) is 3.29. The Bertz CT molecular complexity index is 1120. The van der Waals surface area contributed by atoms with Crippen LogP contribution in [0.3, 0.4) is 0 Å². The monoisotopic (exact) mass is 423 g/mol. The molecule has 2 aliphatic rings. The second kappa shape index (κ2) is 7.72. The summed E-state index contributed by atoms with van der Waals surface area (Å²) in [5.41, 5.74) is 2.65. The number of aromatic nitrogens is 1. The molecule has 2 saturated heterocycles. The molecule has 0 radical (unpaired) electrons. The minimum atomic E-state index is -0.0874. The minimum Gasteiger partial charge on any atom is -0.379 e. The van der Waals surface area contributed by atoms with Gasteiger partial charge in [-0.3, -0.25) is 4.79 Å². The molecule has 0 unspecified atom stereocenters. The molecule has 29 heavy (non-hydrogen) atoms. The minimum absolute atomic E-state index is 0.0874. The average molecular weight is 424 g/mol. The quantitative estimate of drug-likeness (QED) is 0.467. The number of hydrogen-bond donors (Lipinski definition) is 0. The predicted octanol–water partition coefficient (Wildman–Crippen LogP) is 3.94. The molecule has 2 aromatic carbocycles. The summed E-state index contributed by atoms with van der Waals surface area (Å²) < 4.78 is 11.5. The van der Waals surface area contributed by atoms with E-state index in [0.717, 1.165) is 27.8 Å². The molecule has 2 aliphatic heterocycles. The van der Waals surface area contributed by atoms with Crippen molar-refractivity contribution < 1.29 is 14.1 Å². The van der Waals surface area contributed by atoms with E-state index in [9.17, 15) is 4.79 Å². The molecular weight excluding hydrogens is 406 g/mol. The lowest BCUT2D eigenvalue weighted by Crippen LogP contribution is -2.50. The number of thiocarbonyl (C=S) groups is 1. The van der Waals surface area contributed by atoms with E-state index in [1.165, 1.54) is 11.8 Å². The first kappa shape index (κ1) is 18.5. The number of amides is 1. The molecule has 0 atom stereocenters. The first-order valence-electron chi connectivity index (χ1n) is 9.26. The third kappa shape index (κ3) is 3.49. The van der Waals surface area contributed by atoms with Crippen molar-refractivity contribution in [1.82, 2.24) is 15.2 Å². The topological polar surface area (TPSA) is 58.8 Å². The van der Waals surface area contributed by atoms with Crippen LogP contribution >= 0.6 is 24.0 Å². The first-order chi connectivity index (χ1) is 14.2. The third-order valence-corrected chi connectivity index (χ3v) is 6.16. The zero-order chi connectivity index (χ0) is 19.8. The Morgan fingerprint density at radius 3 is 2.69 bits per heavy atom. The Hall–Kier alpha value is -2.52. The van der Waals surface area contributed by atoms with Gasteiger partial charge in [0.2, 0.25) is 0 Å². The van der Waals surface area contributed by atoms with Gasteiger partial charge in [0.15, 0.2) is 10.1 Å². The Balaban J connectivity index is 1.47. The van der Waals surface area contributed by atoms with E-state index in [0.29, 0.717) is 35.5 Å². The van der Waals surface area contributed by atoms with Crippen LogP contribution in [0.5, 0.6) is 0 Å². The highest BCUT2D eigenvalue weighted by Crippen LogP contribution is 2.35. The fourth-order valence-electron chi connectivity index (χ4n) is 3.46. The Labute approximate surface area is 177 Å². The highest BCUT2D eigenvalue weighted by atomic mass is 32.2. The van der Waals surface area contributed by atoms with Gasteiger partial charge in [0, 0.05) is 18.7 Å². The van der Waals surface area contributed by atoms with Gasteiger partial charge in [0.1, 0.15) is 5.52 Å². The zero-order valence-electron chi connectivity index (χ0n) is 15.4. The molecule has 0 saturated carbocycles. The summed E-state index contributed by atoms with van der Waals surface area (Å²) in [7, 11) is 0. The lowest BCUT2D eigenvalue weighted by Gasteiger charge is -2.33. The van der Waals surface area contributed by atoms with E-state index in [1.807, 2.05) is 59.6 Å². The van der Waals surface area contributed by atoms with Crippen LogP contribution in [0, 0.1) is 0 Å². The molecular formula is C21H17N3O3S2. The molecule has 6 nitrogen and oxygen atoms in total. The van der Waals surface area contributed by atoms with Gasteiger partial charge in [-0.1, -0.05) is 65.5 Å². The zero-order valence-corrected chi connectivity index (χ0v) is 17.0. The van der Waals surface area contributed by atoms with E-state index < -0.39 is 0 Å². The fraction of sp³-hybridized carbons (Fsp3) is 0.190. The van der Waals surface area contributed by atoms with Crippen LogP contribution in [-0.4, -0.2) is 51.7 Å². The van der Waals surface area contributed by atoms with Crippen LogP contribution in [0.4, 0.5) is 0 Å². The van der Waals surface area contributed by atoms with Crippen molar-refractivity contribution in [3.8, 4) is 11.3 Å². The SMILES string of the molecule is O=C1/C(=C/c2ccc3noc(-c4ccccc4)c3c2)SC(=S)N1N1CCOCC1. The van der Waals surface area contributed by atoms with Crippen molar-refractivity contribution >= 4 is 51.2 Å². The number of carbonyl (C=O) groups is 1. The fourth-order valence-corrected chi connectivity index (χ4v) is 4.76. The second-order valence-corrected chi connectivity index (χ2v) is 8.39. The van der Waals surface area contributed by atoms with Crippen LogP contribution in [0.25, 0.3) is 28.3 Å². The lowest BCUT2D eigenvalue weighted by molar-refractivity contribution is -0.138. The van der Waals surface area contributed by atoms with Gasteiger partial charge in [0.25, 0.3) is 5.91 Å². The summed E-state index contributed by atoms with van der Waals surface area (Å²) in [6.07, 6.45) is 1.88. The largest absolute Gasteiger partial charge is 0.379 e. The maximum Gasteiger partial charge on any atom is 0.280 e. The van der Waals surface area contributed by atoms with Gasteiger partial charge in [-0.05, 0) is 23.8 Å². The molecule has 0 spiro atoms. The van der Waals surface area contributed by atoms with E-state index in [4.69, 9.17) is 21.5 Å². The lowest BCUT2D eigenvalue weighted by atomic mass is 10.1. The van der Waals surface area contributed by atoms with Gasteiger partial charge in [-0.2, -0.15) is 0 Å². The van der Waals surface area contributed by atoms with Crippen LogP contribution in [0.1, 0.15) is 5.56 Å². The normalized spacial score (nSPS) is 19.6. The summed E-state index contributed by atoms with van der Waals surface area (Å²) in [5.74, 6) is 0.632. The number of hydrazine groups is 1. The first-order valence-corrected chi connectivity index (χ1v) is 10.5. The van der Waals surface area contributed by atoms with Gasteiger partial charge in [0.05, 0.1) is 23.5 Å². The molecule has 8 heteroatoms. The number of nitrogens with zero attached hydrogens (tertiary/aromatic N) is 3. The molecule has 146 valence electrons. The number of morpholine rings is 1. The second-order valence-electron chi connectivity index (χ2n) is 6.71. The van der Waals surface area contributed by atoms with Crippen LogP contribution < -0.4 is 0 Å².